The van der Waals surface area contributed by atoms with Gasteiger partial charge in [0.15, 0.2) is 0 Å². The molecule has 2 saturated carbocycles. The quantitative estimate of drug-likeness (QED) is 0.587. The molecular formula is C24H36N2O4. The molecule has 2 aliphatic heterocycles. The van der Waals surface area contributed by atoms with Crippen LogP contribution in [0.4, 0.5) is 9.59 Å². The standard InChI is InChI=1S/C24H36N2O4/c1-23(2,3)30-22(28)26-7-5-6-19-13-25(14-24(19,26)4)21(27)29-20-17-9-15-8-16(11-17)12-18(20)10-15/h8,15,17-20H,5-7,9-14H2,1-4H3/t15?,17?,18?,19-,20?,24+/m1/s1. The van der Waals surface area contributed by atoms with E-state index in [0.717, 1.165) is 25.7 Å². The van der Waals surface area contributed by atoms with Gasteiger partial charge < -0.3 is 19.3 Å². The van der Waals surface area contributed by atoms with Gasteiger partial charge in [0.05, 0.1) is 5.54 Å². The molecule has 6 rings (SSSR count). The van der Waals surface area contributed by atoms with Crippen molar-refractivity contribution < 1.29 is 19.1 Å². The lowest BCUT2D eigenvalue weighted by atomic mass is 9.60. The summed E-state index contributed by atoms with van der Waals surface area (Å²) in [5, 5.41) is 0. The fourth-order valence-electron chi connectivity index (χ4n) is 6.93. The summed E-state index contributed by atoms with van der Waals surface area (Å²) in [6.07, 6.45) is 8.65. The van der Waals surface area contributed by atoms with E-state index in [9.17, 15) is 9.59 Å². The number of carbonyl (C=O) groups is 2. The summed E-state index contributed by atoms with van der Waals surface area (Å²) in [5.74, 6) is 1.99. The zero-order valence-corrected chi connectivity index (χ0v) is 18.9. The van der Waals surface area contributed by atoms with E-state index in [0.29, 0.717) is 37.4 Å². The predicted molar refractivity (Wildman–Crippen MR) is 113 cm³/mol. The Kier molecular flexibility index (Phi) is 4.64. The normalized spacial score (nSPS) is 39.6. The van der Waals surface area contributed by atoms with Gasteiger partial charge in [0.2, 0.25) is 0 Å². The SMILES string of the molecule is CC(C)(C)OC(=O)N1CCC[C@@H]2CN(C(=O)OC3C4CC5=CC(C4)CC3C5)C[C@@]21C. The number of ether oxygens (including phenoxy) is 2. The highest BCUT2D eigenvalue weighted by Gasteiger charge is 2.54. The van der Waals surface area contributed by atoms with Crippen molar-refractivity contribution in [1.82, 2.24) is 9.80 Å². The molecule has 30 heavy (non-hydrogen) atoms. The molecule has 2 saturated heterocycles. The summed E-state index contributed by atoms with van der Waals surface area (Å²) >= 11 is 0. The molecule has 4 fully saturated rings. The first-order valence-corrected chi connectivity index (χ1v) is 11.8. The number of rotatable bonds is 1. The lowest BCUT2D eigenvalue weighted by Gasteiger charge is -2.49. The molecule has 0 spiro atoms. The molecule has 166 valence electrons. The molecule has 2 heterocycles. The van der Waals surface area contributed by atoms with Gasteiger partial charge in [-0.2, -0.15) is 0 Å². The molecule has 0 aromatic rings. The van der Waals surface area contributed by atoms with Crippen molar-refractivity contribution in [3.63, 3.8) is 0 Å². The molecule has 4 aliphatic carbocycles. The van der Waals surface area contributed by atoms with Crippen LogP contribution in [0.25, 0.3) is 0 Å². The Bertz CT molecular complexity index is 754. The molecule has 4 atom stereocenters. The third kappa shape index (κ3) is 3.40. The van der Waals surface area contributed by atoms with E-state index in [1.807, 2.05) is 30.6 Å². The topological polar surface area (TPSA) is 59.1 Å². The number of piperidine rings is 1. The van der Waals surface area contributed by atoms with Crippen molar-refractivity contribution in [1.29, 1.82) is 0 Å². The maximum absolute atomic E-state index is 13.2. The van der Waals surface area contributed by atoms with Gasteiger partial charge >= 0.3 is 12.2 Å². The maximum atomic E-state index is 13.2. The molecule has 0 N–H and O–H groups in total. The van der Waals surface area contributed by atoms with Crippen LogP contribution >= 0.6 is 0 Å². The van der Waals surface area contributed by atoms with E-state index in [2.05, 4.69) is 13.0 Å². The molecule has 6 aliphatic rings. The smallest absolute Gasteiger partial charge is 0.410 e. The molecule has 2 unspecified atom stereocenters. The minimum Gasteiger partial charge on any atom is -0.445 e. The van der Waals surface area contributed by atoms with Gasteiger partial charge in [0, 0.05) is 37.4 Å². The fraction of sp³-hybridized carbons (Fsp3) is 0.833. The van der Waals surface area contributed by atoms with Gasteiger partial charge in [-0.15, -0.1) is 0 Å². The summed E-state index contributed by atoms with van der Waals surface area (Å²) in [4.78, 5) is 29.8. The second kappa shape index (κ2) is 6.89. The Balaban J connectivity index is 1.26. The Labute approximate surface area is 179 Å². The van der Waals surface area contributed by atoms with Crippen molar-refractivity contribution in [2.24, 2.45) is 23.7 Å². The van der Waals surface area contributed by atoms with E-state index >= 15 is 0 Å². The van der Waals surface area contributed by atoms with Crippen LogP contribution in [-0.4, -0.2) is 58.9 Å². The fourth-order valence-corrected chi connectivity index (χ4v) is 6.93. The van der Waals surface area contributed by atoms with Crippen molar-refractivity contribution >= 4 is 12.2 Å². The summed E-state index contributed by atoms with van der Waals surface area (Å²) in [7, 11) is 0. The van der Waals surface area contributed by atoms with Crippen molar-refractivity contribution in [2.45, 2.75) is 83.5 Å². The lowest BCUT2D eigenvalue weighted by Crippen LogP contribution is -2.58. The average molecular weight is 417 g/mol. The highest BCUT2D eigenvalue weighted by atomic mass is 16.6. The van der Waals surface area contributed by atoms with Gasteiger partial charge in [-0.05, 0) is 72.1 Å². The molecule has 4 bridgehead atoms. The molecule has 0 aromatic carbocycles. The summed E-state index contributed by atoms with van der Waals surface area (Å²) < 4.78 is 11.8. The van der Waals surface area contributed by atoms with Crippen LogP contribution in [-0.2, 0) is 9.47 Å². The number of nitrogens with zero attached hydrogens (tertiary/aromatic N) is 2. The number of hydrogen-bond acceptors (Lipinski definition) is 4. The first-order valence-electron chi connectivity index (χ1n) is 11.8. The summed E-state index contributed by atoms with van der Waals surface area (Å²) in [5.41, 5.74) is 0.688. The second-order valence-corrected chi connectivity index (χ2v) is 11.5. The Morgan fingerprint density at radius 2 is 1.83 bits per heavy atom. The van der Waals surface area contributed by atoms with Crippen LogP contribution in [0.3, 0.4) is 0 Å². The number of allylic oxidation sites excluding steroid dienone is 2. The van der Waals surface area contributed by atoms with Gasteiger partial charge in [-0.3, -0.25) is 0 Å². The van der Waals surface area contributed by atoms with Gasteiger partial charge in [0.25, 0.3) is 0 Å². The number of fused-ring (bicyclic) bond motifs is 1. The highest BCUT2D eigenvalue weighted by molar-refractivity contribution is 5.72. The average Bonchev–Trinajstić information content (AvgIpc) is 2.99. The van der Waals surface area contributed by atoms with Crippen molar-refractivity contribution in [3.05, 3.63) is 11.6 Å². The van der Waals surface area contributed by atoms with Gasteiger partial charge in [-0.1, -0.05) is 11.6 Å². The van der Waals surface area contributed by atoms with Gasteiger partial charge in [-0.25, -0.2) is 9.59 Å². The predicted octanol–water partition coefficient (Wildman–Crippen LogP) is 4.59. The van der Waals surface area contributed by atoms with Crippen LogP contribution in [0, 0.1) is 23.7 Å². The zero-order chi connectivity index (χ0) is 21.3. The molecular weight excluding hydrogens is 380 g/mol. The van der Waals surface area contributed by atoms with Crippen molar-refractivity contribution in [2.75, 3.05) is 19.6 Å². The van der Waals surface area contributed by atoms with Gasteiger partial charge in [0.1, 0.15) is 11.7 Å². The lowest BCUT2D eigenvalue weighted by molar-refractivity contribution is -0.0449. The Hall–Kier alpha value is -1.72. The highest BCUT2D eigenvalue weighted by Crippen LogP contribution is 2.51. The molecule has 0 radical (unpaired) electrons. The molecule has 0 aromatic heterocycles. The van der Waals surface area contributed by atoms with E-state index in [1.165, 1.54) is 12.8 Å². The second-order valence-electron chi connectivity index (χ2n) is 11.5. The number of likely N-dealkylation sites (tertiary alicyclic amines) is 2. The Morgan fingerprint density at radius 1 is 1.13 bits per heavy atom. The maximum Gasteiger partial charge on any atom is 0.410 e. The zero-order valence-electron chi connectivity index (χ0n) is 18.9. The third-order valence-electron chi connectivity index (χ3n) is 8.15. The monoisotopic (exact) mass is 416 g/mol. The minimum atomic E-state index is -0.521. The first-order chi connectivity index (χ1) is 14.1. The number of hydrogen-bond donors (Lipinski definition) is 0. The molecule has 6 heteroatoms. The van der Waals surface area contributed by atoms with E-state index in [1.54, 1.807) is 5.57 Å². The van der Waals surface area contributed by atoms with E-state index in [4.69, 9.17) is 9.47 Å². The molecule has 6 nitrogen and oxygen atoms in total. The first kappa shape index (κ1) is 20.2. The van der Waals surface area contributed by atoms with Crippen LogP contribution in [0.15, 0.2) is 11.6 Å². The minimum absolute atomic E-state index is 0.0728. The molecule has 2 amide bonds. The largest absolute Gasteiger partial charge is 0.445 e. The summed E-state index contributed by atoms with van der Waals surface area (Å²) in [6.45, 7) is 9.70. The van der Waals surface area contributed by atoms with Crippen LogP contribution in [0.1, 0.15) is 66.2 Å². The number of carbonyl (C=O) groups excluding carboxylic acids is 2. The van der Waals surface area contributed by atoms with Crippen LogP contribution in [0.2, 0.25) is 0 Å². The van der Waals surface area contributed by atoms with Crippen LogP contribution < -0.4 is 0 Å². The van der Waals surface area contributed by atoms with E-state index in [-0.39, 0.29) is 29.7 Å². The summed E-state index contributed by atoms with van der Waals surface area (Å²) in [6, 6.07) is 0. The number of amides is 2. The van der Waals surface area contributed by atoms with E-state index < -0.39 is 5.60 Å². The Morgan fingerprint density at radius 3 is 2.47 bits per heavy atom. The van der Waals surface area contributed by atoms with Crippen LogP contribution in [0.5, 0.6) is 0 Å². The third-order valence-corrected chi connectivity index (χ3v) is 8.15. The van der Waals surface area contributed by atoms with Crippen molar-refractivity contribution in [3.8, 4) is 0 Å².